The van der Waals surface area contributed by atoms with Gasteiger partial charge in [0, 0.05) is 13.1 Å². The minimum atomic E-state index is -0.393. The first-order valence-electron chi connectivity index (χ1n) is 5.32. The van der Waals surface area contributed by atoms with Crippen molar-refractivity contribution in [2.75, 3.05) is 30.3 Å². The van der Waals surface area contributed by atoms with Gasteiger partial charge in [-0.1, -0.05) is 0 Å². The molecule has 0 aromatic carbocycles. The second-order valence-electron chi connectivity index (χ2n) is 3.14. The van der Waals surface area contributed by atoms with E-state index in [0.29, 0.717) is 12.2 Å². The minimum absolute atomic E-state index is 0.255. The topological polar surface area (TPSA) is 68.5 Å². The fraction of sp³-hybridized carbons (Fsp3) is 0.600. The van der Waals surface area contributed by atoms with Crippen molar-refractivity contribution in [1.29, 1.82) is 0 Å². The summed E-state index contributed by atoms with van der Waals surface area (Å²) >= 11 is 1.24. The number of nitrogens with two attached hydrogens (primary N) is 1. The van der Waals surface area contributed by atoms with E-state index in [1.807, 2.05) is 18.7 Å². The molecule has 0 atom stereocenters. The number of hydrogen-bond donors (Lipinski definition) is 1. The molecule has 5 nitrogen and oxygen atoms in total. The van der Waals surface area contributed by atoms with Crippen molar-refractivity contribution in [2.24, 2.45) is 0 Å². The van der Waals surface area contributed by atoms with E-state index >= 15 is 0 Å². The van der Waals surface area contributed by atoms with Gasteiger partial charge < -0.3 is 15.4 Å². The summed E-state index contributed by atoms with van der Waals surface area (Å²) < 4.78 is 8.98. The van der Waals surface area contributed by atoms with Crippen LogP contribution in [0.15, 0.2) is 0 Å². The third-order valence-electron chi connectivity index (χ3n) is 2.23. The van der Waals surface area contributed by atoms with Gasteiger partial charge in [0.25, 0.3) is 0 Å². The van der Waals surface area contributed by atoms with E-state index < -0.39 is 5.97 Å². The average molecular weight is 243 g/mol. The van der Waals surface area contributed by atoms with Gasteiger partial charge >= 0.3 is 5.97 Å². The third kappa shape index (κ3) is 2.44. The van der Waals surface area contributed by atoms with Crippen LogP contribution in [0.1, 0.15) is 31.1 Å². The van der Waals surface area contributed by atoms with Crippen molar-refractivity contribution < 1.29 is 9.53 Å². The molecule has 1 heterocycles. The summed E-state index contributed by atoms with van der Waals surface area (Å²) in [6.45, 7) is 7.77. The summed E-state index contributed by atoms with van der Waals surface area (Å²) in [4.78, 5) is 13.8. The average Bonchev–Trinajstić information content (AvgIpc) is 2.63. The molecule has 0 aliphatic heterocycles. The molecule has 0 saturated heterocycles. The van der Waals surface area contributed by atoms with E-state index in [1.165, 1.54) is 11.5 Å². The predicted octanol–water partition coefficient (Wildman–Crippen LogP) is 1.75. The van der Waals surface area contributed by atoms with Gasteiger partial charge in [0.05, 0.1) is 6.61 Å². The Morgan fingerprint density at radius 1 is 1.44 bits per heavy atom. The lowest BCUT2D eigenvalue weighted by Gasteiger charge is -2.19. The largest absolute Gasteiger partial charge is 0.462 e. The van der Waals surface area contributed by atoms with Crippen LogP contribution in [0.5, 0.6) is 0 Å². The Labute approximate surface area is 99.4 Å². The molecule has 90 valence electrons. The minimum Gasteiger partial charge on any atom is -0.462 e. The maximum absolute atomic E-state index is 11.7. The molecule has 16 heavy (non-hydrogen) atoms. The quantitative estimate of drug-likeness (QED) is 0.798. The van der Waals surface area contributed by atoms with Crippen LogP contribution in [0.4, 0.5) is 10.8 Å². The number of aromatic nitrogens is 1. The Kier molecular flexibility index (Phi) is 4.54. The lowest BCUT2D eigenvalue weighted by molar-refractivity contribution is 0.0528. The van der Waals surface area contributed by atoms with Gasteiger partial charge in [-0.05, 0) is 32.3 Å². The number of anilines is 2. The molecule has 0 bridgehead atoms. The fourth-order valence-electron chi connectivity index (χ4n) is 1.42. The molecule has 1 rings (SSSR count). The summed E-state index contributed by atoms with van der Waals surface area (Å²) in [6, 6.07) is 0. The summed E-state index contributed by atoms with van der Waals surface area (Å²) in [5, 5.41) is 0.793. The Balaban J connectivity index is 3.06. The van der Waals surface area contributed by atoms with Crippen molar-refractivity contribution >= 4 is 28.3 Å². The molecule has 0 spiro atoms. The number of hydrogen-bond acceptors (Lipinski definition) is 6. The van der Waals surface area contributed by atoms with Gasteiger partial charge in [0.2, 0.25) is 0 Å². The van der Waals surface area contributed by atoms with Crippen LogP contribution in [-0.4, -0.2) is 30.0 Å². The van der Waals surface area contributed by atoms with E-state index in [1.54, 1.807) is 6.92 Å². The number of carbonyl (C=O) groups is 1. The molecular formula is C10H17N3O2S. The molecule has 0 aliphatic rings. The molecule has 0 radical (unpaired) electrons. The Morgan fingerprint density at radius 2 is 2.06 bits per heavy atom. The highest BCUT2D eigenvalue weighted by molar-refractivity contribution is 7.11. The molecule has 0 amide bonds. The molecule has 6 heteroatoms. The molecule has 2 N–H and O–H groups in total. The van der Waals surface area contributed by atoms with Gasteiger partial charge in [-0.15, -0.1) is 0 Å². The first-order valence-corrected chi connectivity index (χ1v) is 6.10. The first kappa shape index (κ1) is 12.8. The number of esters is 1. The molecule has 0 saturated carbocycles. The van der Waals surface area contributed by atoms with Crippen molar-refractivity contribution in [3.63, 3.8) is 0 Å². The van der Waals surface area contributed by atoms with E-state index in [4.69, 9.17) is 10.5 Å². The van der Waals surface area contributed by atoms with E-state index in [0.717, 1.165) is 18.1 Å². The van der Waals surface area contributed by atoms with Gasteiger partial charge in [-0.3, -0.25) is 0 Å². The zero-order valence-electron chi connectivity index (χ0n) is 9.82. The van der Waals surface area contributed by atoms with Crippen LogP contribution < -0.4 is 10.6 Å². The standard InChI is InChI=1S/C10H17N3O2S/c1-4-13(5-2)9-7(8(11)12-16-9)10(14)15-6-3/h4-6H2,1-3H3,(H2,11,12). The zero-order chi connectivity index (χ0) is 12.1. The van der Waals surface area contributed by atoms with Gasteiger partial charge in [0.15, 0.2) is 5.82 Å². The van der Waals surface area contributed by atoms with Crippen molar-refractivity contribution in [2.45, 2.75) is 20.8 Å². The molecule has 0 unspecified atom stereocenters. The van der Waals surface area contributed by atoms with E-state index in [-0.39, 0.29) is 5.82 Å². The fourth-order valence-corrected chi connectivity index (χ4v) is 2.34. The maximum Gasteiger partial charge on any atom is 0.345 e. The van der Waals surface area contributed by atoms with E-state index in [2.05, 4.69) is 4.37 Å². The van der Waals surface area contributed by atoms with Crippen molar-refractivity contribution in [3.8, 4) is 0 Å². The SMILES string of the molecule is CCOC(=O)c1c(N)nsc1N(CC)CC. The number of rotatable bonds is 5. The first-order chi connectivity index (χ1) is 7.65. The van der Waals surface area contributed by atoms with Gasteiger partial charge in [-0.25, -0.2) is 4.79 Å². The highest BCUT2D eigenvalue weighted by atomic mass is 32.1. The molecular weight excluding hydrogens is 226 g/mol. The lowest BCUT2D eigenvalue weighted by Crippen LogP contribution is -2.23. The lowest BCUT2D eigenvalue weighted by atomic mass is 10.3. The second-order valence-corrected chi connectivity index (χ2v) is 3.89. The number of ether oxygens (including phenoxy) is 1. The van der Waals surface area contributed by atoms with Gasteiger partial charge in [-0.2, -0.15) is 4.37 Å². The Morgan fingerprint density at radius 3 is 2.56 bits per heavy atom. The predicted molar refractivity (Wildman–Crippen MR) is 66.0 cm³/mol. The van der Waals surface area contributed by atoms with Crippen LogP contribution in [0.2, 0.25) is 0 Å². The van der Waals surface area contributed by atoms with Crippen LogP contribution in [-0.2, 0) is 4.74 Å². The Bertz CT molecular complexity index is 361. The summed E-state index contributed by atoms with van der Waals surface area (Å²) in [5.74, 6) is -0.138. The molecule has 1 aromatic heterocycles. The summed E-state index contributed by atoms with van der Waals surface area (Å²) in [6.07, 6.45) is 0. The number of nitrogens with zero attached hydrogens (tertiary/aromatic N) is 2. The highest BCUT2D eigenvalue weighted by Crippen LogP contribution is 2.30. The van der Waals surface area contributed by atoms with Crippen LogP contribution in [0, 0.1) is 0 Å². The molecule has 0 fully saturated rings. The highest BCUT2D eigenvalue weighted by Gasteiger charge is 2.23. The van der Waals surface area contributed by atoms with Crippen LogP contribution in [0.25, 0.3) is 0 Å². The number of nitrogen functional groups attached to an aromatic ring is 1. The normalized spacial score (nSPS) is 10.2. The summed E-state index contributed by atoms with van der Waals surface area (Å²) in [7, 11) is 0. The smallest absolute Gasteiger partial charge is 0.345 e. The van der Waals surface area contributed by atoms with Crippen LogP contribution >= 0.6 is 11.5 Å². The summed E-state index contributed by atoms with van der Waals surface area (Å²) in [5.41, 5.74) is 6.09. The zero-order valence-corrected chi connectivity index (χ0v) is 10.6. The monoisotopic (exact) mass is 243 g/mol. The Hall–Kier alpha value is -1.30. The van der Waals surface area contributed by atoms with Crippen LogP contribution in [0.3, 0.4) is 0 Å². The second kappa shape index (κ2) is 5.69. The maximum atomic E-state index is 11.7. The number of carbonyl (C=O) groups excluding carboxylic acids is 1. The molecule has 0 aliphatic carbocycles. The van der Waals surface area contributed by atoms with Crippen molar-refractivity contribution in [3.05, 3.63) is 5.56 Å². The van der Waals surface area contributed by atoms with Gasteiger partial charge in [0.1, 0.15) is 10.6 Å². The molecule has 1 aromatic rings. The third-order valence-corrected chi connectivity index (χ3v) is 3.15. The van der Waals surface area contributed by atoms with Crippen molar-refractivity contribution in [1.82, 2.24) is 4.37 Å². The van der Waals surface area contributed by atoms with E-state index in [9.17, 15) is 4.79 Å².